The molecule has 116 valence electrons. The van der Waals surface area contributed by atoms with Crippen LogP contribution in [-0.2, 0) is 0 Å². The third kappa shape index (κ3) is 2.62. The Bertz CT molecular complexity index is 948. The lowest BCUT2D eigenvalue weighted by Gasteiger charge is -2.07. The van der Waals surface area contributed by atoms with Gasteiger partial charge in [0.25, 0.3) is 11.6 Å². The van der Waals surface area contributed by atoms with E-state index >= 15 is 0 Å². The molecule has 3 rings (SSSR count). The Morgan fingerprint density at radius 2 is 2.09 bits per heavy atom. The minimum absolute atomic E-state index is 0.116. The number of aromatic nitrogens is 2. The van der Waals surface area contributed by atoms with Gasteiger partial charge in [0.15, 0.2) is 0 Å². The van der Waals surface area contributed by atoms with Crippen LogP contribution in [0.1, 0.15) is 15.9 Å². The molecular formula is C15H9BrClN3O3. The number of nitrogens with zero attached hydrogens (tertiary/aromatic N) is 3. The number of hydrogen-bond acceptors (Lipinski definition) is 4. The molecule has 2 aromatic carbocycles. The number of nitro groups is 1. The summed E-state index contributed by atoms with van der Waals surface area (Å²) in [5, 5.41) is 16.0. The maximum absolute atomic E-state index is 12.8. The molecule has 23 heavy (non-hydrogen) atoms. The van der Waals surface area contributed by atoms with Crippen LogP contribution in [0.15, 0.2) is 41.0 Å². The summed E-state index contributed by atoms with van der Waals surface area (Å²) in [4.78, 5) is 23.3. The fourth-order valence-corrected chi connectivity index (χ4v) is 3.14. The molecule has 8 heteroatoms. The van der Waals surface area contributed by atoms with Gasteiger partial charge >= 0.3 is 0 Å². The Morgan fingerprint density at radius 3 is 2.74 bits per heavy atom. The van der Waals surface area contributed by atoms with Crippen LogP contribution in [0.2, 0.25) is 5.02 Å². The fourth-order valence-electron chi connectivity index (χ4n) is 2.34. The zero-order chi connectivity index (χ0) is 16.7. The lowest BCUT2D eigenvalue weighted by Crippen LogP contribution is -2.15. The summed E-state index contributed by atoms with van der Waals surface area (Å²) in [6.45, 7) is 1.77. The van der Waals surface area contributed by atoms with Crippen LogP contribution in [0.5, 0.6) is 0 Å². The first-order valence-electron chi connectivity index (χ1n) is 6.52. The number of carbonyl (C=O) groups excluding carboxylic acids is 1. The highest BCUT2D eigenvalue weighted by molar-refractivity contribution is 9.10. The van der Waals surface area contributed by atoms with Crippen molar-refractivity contribution in [2.24, 2.45) is 0 Å². The topological polar surface area (TPSA) is 78.0 Å². The second-order valence-electron chi connectivity index (χ2n) is 4.90. The van der Waals surface area contributed by atoms with Crippen LogP contribution in [0, 0.1) is 17.0 Å². The zero-order valence-electron chi connectivity index (χ0n) is 11.8. The molecule has 3 aromatic rings. The molecule has 0 aliphatic rings. The molecule has 1 heterocycles. The van der Waals surface area contributed by atoms with E-state index in [1.54, 1.807) is 31.2 Å². The van der Waals surface area contributed by atoms with Crippen LogP contribution in [-0.4, -0.2) is 20.6 Å². The van der Waals surface area contributed by atoms with E-state index in [-0.39, 0.29) is 5.69 Å². The maximum atomic E-state index is 12.8. The lowest BCUT2D eigenvalue weighted by atomic mass is 10.1. The van der Waals surface area contributed by atoms with Gasteiger partial charge in [0, 0.05) is 17.5 Å². The van der Waals surface area contributed by atoms with Crippen molar-refractivity contribution < 1.29 is 9.72 Å². The van der Waals surface area contributed by atoms with Gasteiger partial charge in [0.05, 0.1) is 21.0 Å². The van der Waals surface area contributed by atoms with Crippen molar-refractivity contribution in [3.05, 3.63) is 67.3 Å². The number of hydrogen-bond donors (Lipinski definition) is 0. The van der Waals surface area contributed by atoms with Crippen molar-refractivity contribution in [3.8, 4) is 0 Å². The number of carbonyl (C=O) groups is 1. The quantitative estimate of drug-likeness (QED) is 0.478. The van der Waals surface area contributed by atoms with E-state index in [2.05, 4.69) is 21.0 Å². The first-order chi connectivity index (χ1) is 10.9. The second kappa shape index (κ2) is 5.75. The highest BCUT2D eigenvalue weighted by Gasteiger charge is 2.21. The van der Waals surface area contributed by atoms with Crippen LogP contribution in [0.25, 0.3) is 10.9 Å². The summed E-state index contributed by atoms with van der Waals surface area (Å²) in [5.41, 5.74) is 1.25. The van der Waals surface area contributed by atoms with Gasteiger partial charge < -0.3 is 0 Å². The summed E-state index contributed by atoms with van der Waals surface area (Å²) in [6.07, 6.45) is 0. The third-order valence-corrected chi connectivity index (χ3v) is 4.36. The van der Waals surface area contributed by atoms with Gasteiger partial charge in [0.2, 0.25) is 0 Å². The molecule has 0 N–H and O–H groups in total. The number of rotatable bonds is 2. The number of nitro benzene ring substituents is 1. The third-order valence-electron chi connectivity index (χ3n) is 3.46. The van der Waals surface area contributed by atoms with Crippen molar-refractivity contribution in [1.82, 2.24) is 9.78 Å². The highest BCUT2D eigenvalue weighted by Crippen LogP contribution is 2.29. The molecule has 0 radical (unpaired) electrons. The predicted molar refractivity (Wildman–Crippen MR) is 90.0 cm³/mol. The van der Waals surface area contributed by atoms with Crippen molar-refractivity contribution in [2.45, 2.75) is 6.92 Å². The fraction of sp³-hybridized carbons (Fsp3) is 0.0667. The van der Waals surface area contributed by atoms with Gasteiger partial charge in [-0.05, 0) is 40.5 Å². The van der Waals surface area contributed by atoms with Gasteiger partial charge in [-0.25, -0.2) is 0 Å². The summed E-state index contributed by atoms with van der Waals surface area (Å²) in [7, 11) is 0. The zero-order valence-corrected chi connectivity index (χ0v) is 14.1. The van der Waals surface area contributed by atoms with Gasteiger partial charge in [-0.15, -0.1) is 0 Å². The van der Waals surface area contributed by atoms with Crippen molar-refractivity contribution in [3.63, 3.8) is 0 Å². The number of benzene rings is 2. The molecule has 6 nitrogen and oxygen atoms in total. The average Bonchev–Trinajstić information content (AvgIpc) is 2.83. The SMILES string of the molecule is Cc1cccc(Cl)c1C(=O)n1nc(Br)c2ccc([N+](=O)[O-])cc21. The van der Waals surface area contributed by atoms with E-state index in [9.17, 15) is 14.9 Å². The standard InChI is InChI=1S/C15H9BrClN3O3/c1-8-3-2-4-11(17)13(8)15(21)19-12-7-9(20(22)23)5-6-10(12)14(16)18-19/h2-7H,1H3. The molecule has 0 aliphatic carbocycles. The summed E-state index contributed by atoms with van der Waals surface area (Å²) in [6, 6.07) is 9.36. The van der Waals surface area contributed by atoms with Crippen molar-refractivity contribution in [1.29, 1.82) is 0 Å². The van der Waals surface area contributed by atoms with Crippen LogP contribution < -0.4 is 0 Å². The second-order valence-corrected chi connectivity index (χ2v) is 6.06. The summed E-state index contributed by atoms with van der Waals surface area (Å²) < 4.78 is 1.56. The van der Waals surface area contributed by atoms with E-state index in [4.69, 9.17) is 11.6 Å². The van der Waals surface area contributed by atoms with Gasteiger partial charge in [0.1, 0.15) is 4.60 Å². The number of fused-ring (bicyclic) bond motifs is 1. The van der Waals surface area contributed by atoms with E-state index in [1.165, 1.54) is 12.1 Å². The number of aryl methyl sites for hydroxylation is 1. The van der Waals surface area contributed by atoms with Crippen molar-refractivity contribution >= 4 is 50.0 Å². The molecule has 1 aromatic heterocycles. The molecule has 0 aliphatic heterocycles. The number of halogens is 2. The number of non-ortho nitro benzene ring substituents is 1. The molecular weight excluding hydrogens is 386 g/mol. The Morgan fingerprint density at radius 1 is 1.35 bits per heavy atom. The van der Waals surface area contributed by atoms with Gasteiger partial charge in [-0.3, -0.25) is 14.9 Å². The van der Waals surface area contributed by atoms with Gasteiger partial charge in [-0.2, -0.15) is 9.78 Å². The molecule has 0 spiro atoms. The first-order valence-corrected chi connectivity index (χ1v) is 7.69. The predicted octanol–water partition coefficient (Wildman–Crippen LogP) is 4.36. The normalized spacial score (nSPS) is 10.9. The molecule has 0 bridgehead atoms. The molecule has 0 saturated heterocycles. The minimum atomic E-state index is -0.518. The minimum Gasteiger partial charge on any atom is -0.267 e. The Kier molecular flexibility index (Phi) is 3.91. The molecule has 0 unspecified atom stereocenters. The molecule has 0 saturated carbocycles. The van der Waals surface area contributed by atoms with Crippen molar-refractivity contribution in [2.75, 3.05) is 0 Å². The monoisotopic (exact) mass is 393 g/mol. The molecule has 0 fully saturated rings. The average molecular weight is 395 g/mol. The van der Waals surface area contributed by atoms with E-state index in [0.29, 0.717) is 31.7 Å². The summed E-state index contributed by atoms with van der Waals surface area (Å²) in [5.74, 6) is -0.440. The largest absolute Gasteiger partial charge is 0.280 e. The van der Waals surface area contributed by atoms with Crippen LogP contribution >= 0.6 is 27.5 Å². The summed E-state index contributed by atoms with van der Waals surface area (Å²) >= 11 is 9.40. The molecule has 0 atom stereocenters. The van der Waals surface area contributed by atoms with Gasteiger partial charge in [-0.1, -0.05) is 23.7 Å². The smallest absolute Gasteiger partial charge is 0.267 e. The van der Waals surface area contributed by atoms with Crippen LogP contribution in [0.4, 0.5) is 5.69 Å². The lowest BCUT2D eigenvalue weighted by molar-refractivity contribution is -0.384. The Balaban J connectivity index is 2.25. The van der Waals surface area contributed by atoms with E-state index in [1.807, 2.05) is 0 Å². The molecule has 0 amide bonds. The highest BCUT2D eigenvalue weighted by atomic mass is 79.9. The Labute approximate surface area is 143 Å². The Hall–Kier alpha value is -2.25. The van der Waals surface area contributed by atoms with Crippen LogP contribution in [0.3, 0.4) is 0 Å². The first kappa shape index (κ1) is 15.6. The van der Waals surface area contributed by atoms with E-state index in [0.717, 1.165) is 4.68 Å². The maximum Gasteiger partial charge on any atom is 0.280 e. The van der Waals surface area contributed by atoms with E-state index < -0.39 is 10.8 Å².